The van der Waals surface area contributed by atoms with E-state index in [-0.39, 0.29) is 17.6 Å². The van der Waals surface area contributed by atoms with E-state index in [1.165, 1.54) is 19.0 Å². The molecular weight excluding hydrogens is 443 g/mol. The van der Waals surface area contributed by atoms with Crippen LogP contribution in [0.5, 0.6) is 0 Å². The van der Waals surface area contributed by atoms with Gasteiger partial charge in [0.1, 0.15) is 5.82 Å². The Balaban J connectivity index is 1.26. The molecule has 2 N–H and O–H groups in total. The number of nitrogens with zero attached hydrogens (tertiary/aromatic N) is 4. The normalized spacial score (nSPS) is 17.1. The first kappa shape index (κ1) is 21.5. The smallest absolute Gasteiger partial charge is 0.251 e. The van der Waals surface area contributed by atoms with Crippen LogP contribution in [0.1, 0.15) is 53.2 Å². The lowest BCUT2D eigenvalue weighted by Gasteiger charge is -2.23. The van der Waals surface area contributed by atoms with Gasteiger partial charge in [0, 0.05) is 48.1 Å². The van der Waals surface area contributed by atoms with E-state index in [2.05, 4.69) is 31.4 Å². The van der Waals surface area contributed by atoms with E-state index >= 15 is 0 Å². The number of rotatable bonds is 5. The monoisotopic (exact) mass is 468 g/mol. The molecule has 1 atom stereocenters. The maximum atomic E-state index is 14.6. The van der Waals surface area contributed by atoms with Gasteiger partial charge in [-0.3, -0.25) is 4.79 Å². The van der Waals surface area contributed by atoms with Crippen LogP contribution in [-0.2, 0) is 7.05 Å². The van der Waals surface area contributed by atoms with Crippen LogP contribution < -0.4 is 10.6 Å². The number of hydrogen-bond donors (Lipinski definition) is 2. The summed E-state index contributed by atoms with van der Waals surface area (Å²) in [6.45, 7) is 2.63. The average molecular weight is 469 g/mol. The molecule has 2 aliphatic rings. The Hall–Kier alpha value is -4.07. The van der Waals surface area contributed by atoms with Crippen molar-refractivity contribution in [1.82, 2.24) is 24.8 Å². The molecule has 35 heavy (non-hydrogen) atoms. The number of hydrogen-bond acceptors (Lipinski definition) is 5. The van der Waals surface area contributed by atoms with E-state index < -0.39 is 5.82 Å². The number of nitrogens with one attached hydrogen (secondary N) is 2. The molecule has 176 valence electrons. The average Bonchev–Trinajstić information content (AvgIpc) is 3.65. The van der Waals surface area contributed by atoms with E-state index in [0.29, 0.717) is 29.5 Å². The molecule has 2 aromatic heterocycles. The molecular formula is C27H25FN6O. The maximum absolute atomic E-state index is 14.6. The van der Waals surface area contributed by atoms with Crippen molar-refractivity contribution in [2.45, 2.75) is 31.6 Å². The molecule has 1 fully saturated rings. The topological polar surface area (TPSA) is 84.7 Å². The summed E-state index contributed by atoms with van der Waals surface area (Å²) in [4.78, 5) is 25.6. The van der Waals surface area contributed by atoms with Gasteiger partial charge in [-0.2, -0.15) is 0 Å². The number of amides is 1. The summed E-state index contributed by atoms with van der Waals surface area (Å²) in [7, 11) is 2.01. The Bertz CT molecular complexity index is 1440. The Kier molecular flexibility index (Phi) is 5.09. The molecule has 1 saturated carbocycles. The fourth-order valence-electron chi connectivity index (χ4n) is 4.54. The first-order valence-electron chi connectivity index (χ1n) is 11.8. The number of halogens is 1. The maximum Gasteiger partial charge on any atom is 0.251 e. The van der Waals surface area contributed by atoms with Gasteiger partial charge in [-0.25, -0.2) is 19.3 Å². The van der Waals surface area contributed by atoms with Crippen molar-refractivity contribution in [1.29, 1.82) is 0 Å². The zero-order valence-corrected chi connectivity index (χ0v) is 19.5. The number of carbonyl (C=O) groups is 1. The summed E-state index contributed by atoms with van der Waals surface area (Å²) >= 11 is 0. The number of aromatic nitrogens is 4. The standard InChI is InChI=1S/C27H25FN6O/c1-15-12-30-27(35)20-10-9-19(11-21(15)20)31-25-22(28)13-29-24(33-25)17-5-7-18(8-6-17)26-32-23(14-34(26)2)16-3-4-16/h5-11,13-16H,3-4,12H2,1-2H3,(H,30,35)(H,29,31,33). The molecule has 6 rings (SSSR count). The second kappa shape index (κ2) is 8.30. The minimum Gasteiger partial charge on any atom is -0.351 e. The van der Waals surface area contributed by atoms with Crippen LogP contribution in [-0.4, -0.2) is 32.0 Å². The van der Waals surface area contributed by atoms with Gasteiger partial charge in [-0.15, -0.1) is 0 Å². The third-order valence-electron chi connectivity index (χ3n) is 6.69. The van der Waals surface area contributed by atoms with E-state index in [9.17, 15) is 9.18 Å². The molecule has 3 heterocycles. The molecule has 8 heteroatoms. The number of aryl methyl sites for hydroxylation is 1. The predicted octanol–water partition coefficient (Wildman–Crippen LogP) is 5.15. The van der Waals surface area contributed by atoms with E-state index in [4.69, 9.17) is 4.98 Å². The van der Waals surface area contributed by atoms with Gasteiger partial charge in [0.05, 0.1) is 11.9 Å². The lowest BCUT2D eigenvalue weighted by Crippen LogP contribution is -2.33. The molecule has 0 spiro atoms. The van der Waals surface area contributed by atoms with Crippen molar-refractivity contribution in [3.8, 4) is 22.8 Å². The van der Waals surface area contributed by atoms with Crippen molar-refractivity contribution < 1.29 is 9.18 Å². The SMILES string of the molecule is CC1CNC(=O)c2ccc(Nc3nc(-c4ccc(-c5nc(C6CC6)cn5C)cc4)ncc3F)cc21. The lowest BCUT2D eigenvalue weighted by molar-refractivity contribution is 0.0941. The number of anilines is 2. The van der Waals surface area contributed by atoms with Gasteiger partial charge in [0.15, 0.2) is 17.5 Å². The molecule has 1 aliphatic carbocycles. The molecule has 4 aromatic rings. The summed E-state index contributed by atoms with van der Waals surface area (Å²) in [5, 5.41) is 5.93. The second-order valence-electron chi connectivity index (χ2n) is 9.38. The van der Waals surface area contributed by atoms with Gasteiger partial charge in [0.2, 0.25) is 0 Å². The highest BCUT2D eigenvalue weighted by Gasteiger charge is 2.27. The molecule has 2 aromatic carbocycles. The summed E-state index contributed by atoms with van der Waals surface area (Å²) < 4.78 is 16.6. The molecule has 0 bridgehead atoms. The third kappa shape index (κ3) is 4.05. The fourth-order valence-corrected chi connectivity index (χ4v) is 4.54. The van der Waals surface area contributed by atoms with Gasteiger partial charge in [-0.1, -0.05) is 31.2 Å². The minimum atomic E-state index is -0.547. The van der Waals surface area contributed by atoms with Crippen LogP contribution in [0.15, 0.2) is 54.9 Å². The van der Waals surface area contributed by atoms with Crippen LogP contribution in [0, 0.1) is 5.82 Å². The van der Waals surface area contributed by atoms with Crippen LogP contribution in [0.25, 0.3) is 22.8 Å². The Morgan fingerprint density at radius 3 is 2.63 bits per heavy atom. The molecule has 1 aliphatic heterocycles. The quantitative estimate of drug-likeness (QED) is 0.423. The molecule has 7 nitrogen and oxygen atoms in total. The number of imidazole rings is 1. The van der Waals surface area contributed by atoms with Crippen molar-refractivity contribution in [3.05, 3.63) is 77.5 Å². The molecule has 1 unspecified atom stereocenters. The number of benzene rings is 2. The highest BCUT2D eigenvalue weighted by atomic mass is 19.1. The third-order valence-corrected chi connectivity index (χ3v) is 6.69. The Morgan fingerprint density at radius 2 is 1.86 bits per heavy atom. The largest absolute Gasteiger partial charge is 0.351 e. The Labute approximate surface area is 202 Å². The second-order valence-corrected chi connectivity index (χ2v) is 9.38. The van der Waals surface area contributed by atoms with Crippen LogP contribution in [0.2, 0.25) is 0 Å². The molecule has 1 amide bonds. The van der Waals surface area contributed by atoms with Crippen molar-refractivity contribution in [3.63, 3.8) is 0 Å². The predicted molar refractivity (Wildman–Crippen MR) is 132 cm³/mol. The van der Waals surface area contributed by atoms with Crippen LogP contribution in [0.3, 0.4) is 0 Å². The van der Waals surface area contributed by atoms with Crippen LogP contribution >= 0.6 is 0 Å². The first-order chi connectivity index (χ1) is 17.0. The molecule has 0 radical (unpaired) electrons. The fraction of sp³-hybridized carbons (Fsp3) is 0.259. The van der Waals surface area contributed by atoms with Gasteiger partial charge in [-0.05, 0) is 42.5 Å². The number of carbonyl (C=O) groups excluding carboxylic acids is 1. The van der Waals surface area contributed by atoms with Gasteiger partial charge in [0.25, 0.3) is 5.91 Å². The molecule has 0 saturated heterocycles. The zero-order chi connectivity index (χ0) is 24.1. The lowest BCUT2D eigenvalue weighted by atomic mass is 9.91. The van der Waals surface area contributed by atoms with Crippen molar-refractivity contribution in [2.24, 2.45) is 7.05 Å². The van der Waals surface area contributed by atoms with E-state index in [1.807, 2.05) is 44.3 Å². The summed E-state index contributed by atoms with van der Waals surface area (Å²) in [5.41, 5.74) is 5.20. The van der Waals surface area contributed by atoms with Crippen molar-refractivity contribution in [2.75, 3.05) is 11.9 Å². The van der Waals surface area contributed by atoms with E-state index in [0.717, 1.165) is 28.2 Å². The highest BCUT2D eigenvalue weighted by molar-refractivity contribution is 5.97. The van der Waals surface area contributed by atoms with Gasteiger partial charge < -0.3 is 15.2 Å². The van der Waals surface area contributed by atoms with E-state index in [1.54, 1.807) is 12.1 Å². The summed E-state index contributed by atoms with van der Waals surface area (Å²) in [6.07, 6.45) is 5.71. The zero-order valence-electron chi connectivity index (χ0n) is 19.5. The summed E-state index contributed by atoms with van der Waals surface area (Å²) in [5.74, 6) is 1.58. The highest BCUT2D eigenvalue weighted by Crippen LogP contribution is 2.40. The first-order valence-corrected chi connectivity index (χ1v) is 11.8. The van der Waals surface area contributed by atoms with Crippen molar-refractivity contribution >= 4 is 17.4 Å². The summed E-state index contributed by atoms with van der Waals surface area (Å²) in [6, 6.07) is 13.2. The van der Waals surface area contributed by atoms with Gasteiger partial charge >= 0.3 is 0 Å². The Morgan fingerprint density at radius 1 is 1.09 bits per heavy atom. The van der Waals surface area contributed by atoms with Crippen LogP contribution in [0.4, 0.5) is 15.9 Å². The minimum absolute atomic E-state index is 0.0853. The number of fused-ring (bicyclic) bond motifs is 1.